The van der Waals surface area contributed by atoms with E-state index < -0.39 is 17.4 Å². The van der Waals surface area contributed by atoms with Gasteiger partial charge < -0.3 is 15.2 Å². The van der Waals surface area contributed by atoms with Crippen molar-refractivity contribution in [1.82, 2.24) is 5.32 Å². The third-order valence-electron chi connectivity index (χ3n) is 3.59. The van der Waals surface area contributed by atoms with Crippen LogP contribution in [-0.2, 0) is 9.59 Å². The fourth-order valence-corrected chi connectivity index (χ4v) is 3.76. The van der Waals surface area contributed by atoms with E-state index in [1.807, 2.05) is 13.8 Å². The minimum atomic E-state index is -1.17. The van der Waals surface area contributed by atoms with Crippen LogP contribution in [0.25, 0.3) is 0 Å². The molecule has 1 aromatic rings. The summed E-state index contributed by atoms with van der Waals surface area (Å²) in [5.74, 6) is 0.217. The summed E-state index contributed by atoms with van der Waals surface area (Å²) in [6, 6.07) is 3.50. The van der Waals surface area contributed by atoms with Crippen LogP contribution in [0.3, 0.4) is 0 Å². The van der Waals surface area contributed by atoms with Crippen molar-refractivity contribution in [3.05, 3.63) is 28.3 Å². The molecule has 0 bridgehead atoms. The fraction of sp³-hybridized carbons (Fsp3) is 0.467. The first-order valence-electron chi connectivity index (χ1n) is 6.86. The first-order chi connectivity index (χ1) is 10.3. The Morgan fingerprint density at radius 1 is 1.41 bits per heavy atom. The van der Waals surface area contributed by atoms with E-state index in [2.05, 4.69) is 5.32 Å². The number of hydrogen-bond acceptors (Lipinski definition) is 4. The molecule has 1 amide bonds. The third kappa shape index (κ3) is 3.67. The number of carboxylic acids is 1. The SMILES string of the molecule is Cc1cc(OCC(=O)NC2(C(=O)O)CCSC2)cc(C)c1Cl. The topological polar surface area (TPSA) is 75.6 Å². The molecule has 1 heterocycles. The number of carbonyl (C=O) groups is 2. The van der Waals surface area contributed by atoms with E-state index in [4.69, 9.17) is 16.3 Å². The van der Waals surface area contributed by atoms with E-state index in [1.165, 1.54) is 11.8 Å². The average molecular weight is 344 g/mol. The van der Waals surface area contributed by atoms with E-state index in [0.717, 1.165) is 16.9 Å². The summed E-state index contributed by atoms with van der Waals surface area (Å²) in [6.07, 6.45) is 0.428. The monoisotopic (exact) mass is 343 g/mol. The molecule has 5 nitrogen and oxygen atoms in total. The summed E-state index contributed by atoms with van der Waals surface area (Å²) in [5, 5.41) is 12.6. The highest BCUT2D eigenvalue weighted by Gasteiger charge is 2.43. The van der Waals surface area contributed by atoms with Gasteiger partial charge in [-0.05, 0) is 49.3 Å². The van der Waals surface area contributed by atoms with Crippen molar-refractivity contribution < 1.29 is 19.4 Å². The molecule has 2 N–H and O–H groups in total. The Labute approximate surface area is 138 Å². The van der Waals surface area contributed by atoms with Gasteiger partial charge in [0.2, 0.25) is 0 Å². The molecule has 120 valence electrons. The number of nitrogens with one attached hydrogen (secondary N) is 1. The summed E-state index contributed by atoms with van der Waals surface area (Å²) in [7, 11) is 0. The molecular formula is C15H18ClNO4S. The Kier molecular flexibility index (Phi) is 5.24. The number of benzene rings is 1. The van der Waals surface area contributed by atoms with E-state index in [1.54, 1.807) is 12.1 Å². The lowest BCUT2D eigenvalue weighted by Crippen LogP contribution is -2.55. The number of thioether (sulfide) groups is 1. The van der Waals surface area contributed by atoms with E-state index in [-0.39, 0.29) is 6.61 Å². The molecule has 0 aromatic heterocycles. The summed E-state index contributed by atoms with van der Waals surface area (Å²) in [4.78, 5) is 23.4. The van der Waals surface area contributed by atoms with Crippen LogP contribution in [0.2, 0.25) is 5.02 Å². The quantitative estimate of drug-likeness (QED) is 0.858. The zero-order valence-corrected chi connectivity index (χ0v) is 14.0. The second-order valence-electron chi connectivity index (χ2n) is 5.40. The van der Waals surface area contributed by atoms with Crippen molar-refractivity contribution in [2.75, 3.05) is 18.1 Å². The van der Waals surface area contributed by atoms with E-state index in [9.17, 15) is 14.7 Å². The number of ether oxygens (including phenoxy) is 1. The molecule has 1 aliphatic heterocycles. The van der Waals surface area contributed by atoms with Crippen LogP contribution in [0.4, 0.5) is 0 Å². The van der Waals surface area contributed by atoms with Gasteiger partial charge in [-0.3, -0.25) is 4.79 Å². The lowest BCUT2D eigenvalue weighted by molar-refractivity contribution is -0.146. The van der Waals surface area contributed by atoms with Crippen molar-refractivity contribution in [3.8, 4) is 5.75 Å². The molecule has 0 spiro atoms. The summed E-state index contributed by atoms with van der Waals surface area (Å²) in [6.45, 7) is 3.50. The fourth-order valence-electron chi connectivity index (χ4n) is 2.33. The van der Waals surface area contributed by atoms with Gasteiger partial charge in [-0.1, -0.05) is 11.6 Å². The van der Waals surface area contributed by atoms with Gasteiger partial charge in [0.25, 0.3) is 5.91 Å². The van der Waals surface area contributed by atoms with Crippen molar-refractivity contribution in [2.24, 2.45) is 0 Å². The molecule has 22 heavy (non-hydrogen) atoms. The summed E-state index contributed by atoms with van der Waals surface area (Å²) >= 11 is 7.60. The minimum Gasteiger partial charge on any atom is -0.484 e. The van der Waals surface area contributed by atoms with Crippen LogP contribution in [-0.4, -0.2) is 40.6 Å². The number of rotatable bonds is 5. The number of carbonyl (C=O) groups excluding carboxylic acids is 1. The van der Waals surface area contributed by atoms with Gasteiger partial charge in [-0.2, -0.15) is 11.8 Å². The van der Waals surface area contributed by atoms with Gasteiger partial charge in [0.15, 0.2) is 6.61 Å². The molecule has 7 heteroatoms. The van der Waals surface area contributed by atoms with Gasteiger partial charge in [-0.25, -0.2) is 4.79 Å². The average Bonchev–Trinajstić information content (AvgIpc) is 2.92. The maximum absolute atomic E-state index is 12.0. The van der Waals surface area contributed by atoms with E-state index in [0.29, 0.717) is 22.9 Å². The highest BCUT2D eigenvalue weighted by atomic mass is 35.5. The van der Waals surface area contributed by atoms with Crippen molar-refractivity contribution in [3.63, 3.8) is 0 Å². The highest BCUT2D eigenvalue weighted by Crippen LogP contribution is 2.28. The van der Waals surface area contributed by atoms with Crippen LogP contribution >= 0.6 is 23.4 Å². The number of aryl methyl sites for hydroxylation is 2. The van der Waals surface area contributed by atoms with Gasteiger partial charge in [0, 0.05) is 10.8 Å². The molecule has 0 aliphatic carbocycles. The molecule has 1 aliphatic rings. The normalized spacial score (nSPS) is 20.7. The standard InChI is InChI=1S/C15H18ClNO4S/c1-9-5-11(6-10(2)13(9)16)21-7-12(18)17-15(14(19)20)3-4-22-8-15/h5-6H,3-4,7-8H2,1-2H3,(H,17,18)(H,19,20). The molecule has 1 fully saturated rings. The van der Waals surface area contributed by atoms with Gasteiger partial charge >= 0.3 is 5.97 Å². The van der Waals surface area contributed by atoms with Crippen LogP contribution < -0.4 is 10.1 Å². The molecule has 1 unspecified atom stereocenters. The summed E-state index contributed by atoms with van der Waals surface area (Å²) in [5.41, 5.74) is 0.564. The van der Waals surface area contributed by atoms with Gasteiger partial charge in [-0.15, -0.1) is 0 Å². The zero-order chi connectivity index (χ0) is 16.3. The Morgan fingerprint density at radius 3 is 2.55 bits per heavy atom. The third-order valence-corrected chi connectivity index (χ3v) is 5.38. The van der Waals surface area contributed by atoms with Crippen LogP contribution in [0.1, 0.15) is 17.5 Å². The Morgan fingerprint density at radius 2 is 2.05 bits per heavy atom. The molecule has 1 saturated heterocycles. The lowest BCUT2D eigenvalue weighted by Gasteiger charge is -2.24. The molecule has 1 aromatic carbocycles. The van der Waals surface area contributed by atoms with Crippen molar-refractivity contribution >= 4 is 35.2 Å². The number of amides is 1. The van der Waals surface area contributed by atoms with Gasteiger partial charge in [0.05, 0.1) is 0 Å². The predicted octanol–water partition coefficient (Wildman–Crippen LogP) is 2.41. The van der Waals surface area contributed by atoms with Crippen LogP contribution in [0.5, 0.6) is 5.75 Å². The van der Waals surface area contributed by atoms with Crippen LogP contribution in [0, 0.1) is 13.8 Å². The second kappa shape index (κ2) is 6.79. The smallest absolute Gasteiger partial charge is 0.330 e. The van der Waals surface area contributed by atoms with E-state index >= 15 is 0 Å². The Hall–Kier alpha value is -1.40. The first-order valence-corrected chi connectivity index (χ1v) is 8.39. The first kappa shape index (κ1) is 17.0. The zero-order valence-electron chi connectivity index (χ0n) is 12.4. The highest BCUT2D eigenvalue weighted by molar-refractivity contribution is 7.99. The Bertz CT molecular complexity index is 576. The van der Waals surface area contributed by atoms with Crippen LogP contribution in [0.15, 0.2) is 12.1 Å². The summed E-state index contributed by atoms with van der Waals surface area (Å²) < 4.78 is 5.45. The molecule has 2 rings (SSSR count). The maximum atomic E-state index is 12.0. The number of carboxylic acid groups (broad SMARTS) is 1. The minimum absolute atomic E-state index is 0.222. The lowest BCUT2D eigenvalue weighted by atomic mass is 9.99. The number of halogens is 1. The molecule has 1 atom stereocenters. The van der Waals surface area contributed by atoms with Crippen molar-refractivity contribution in [1.29, 1.82) is 0 Å². The molecule has 0 saturated carbocycles. The number of hydrogen-bond donors (Lipinski definition) is 2. The second-order valence-corrected chi connectivity index (χ2v) is 6.88. The maximum Gasteiger partial charge on any atom is 0.330 e. The predicted molar refractivity (Wildman–Crippen MR) is 86.9 cm³/mol. The number of aliphatic carboxylic acids is 1. The Balaban J connectivity index is 1.97. The van der Waals surface area contributed by atoms with Crippen molar-refractivity contribution in [2.45, 2.75) is 25.8 Å². The molecule has 0 radical (unpaired) electrons. The molecular weight excluding hydrogens is 326 g/mol. The largest absolute Gasteiger partial charge is 0.484 e. The van der Waals surface area contributed by atoms with Gasteiger partial charge in [0.1, 0.15) is 11.3 Å².